The summed E-state index contributed by atoms with van der Waals surface area (Å²) in [6.45, 7) is 6.19. The van der Waals surface area contributed by atoms with Gasteiger partial charge in [-0.05, 0) is 26.1 Å². The molecule has 0 aliphatic rings. The summed E-state index contributed by atoms with van der Waals surface area (Å²) >= 11 is 0. The fourth-order valence-corrected chi connectivity index (χ4v) is 1.69. The van der Waals surface area contributed by atoms with Gasteiger partial charge in [-0.15, -0.1) is 5.10 Å². The molecule has 0 aliphatic heterocycles. The third kappa shape index (κ3) is 4.98. The largest absolute Gasteiger partial charge is 0.480 e. The van der Waals surface area contributed by atoms with E-state index in [4.69, 9.17) is 4.74 Å². The first kappa shape index (κ1) is 14.9. The van der Waals surface area contributed by atoms with E-state index in [9.17, 15) is 0 Å². The number of hydrogen-bond acceptors (Lipinski definition) is 5. The zero-order chi connectivity index (χ0) is 13.5. The van der Waals surface area contributed by atoms with Crippen molar-refractivity contribution in [3.05, 3.63) is 17.8 Å². The van der Waals surface area contributed by atoms with Crippen molar-refractivity contribution in [3.8, 4) is 5.88 Å². The lowest BCUT2D eigenvalue weighted by Gasteiger charge is -2.25. The average Bonchev–Trinajstić information content (AvgIpc) is 2.34. The summed E-state index contributed by atoms with van der Waals surface area (Å²) in [5.74, 6) is 1.13. The number of aromatic nitrogens is 2. The van der Waals surface area contributed by atoms with E-state index in [-0.39, 0.29) is 0 Å². The first-order valence-electron chi connectivity index (χ1n) is 6.27. The molecule has 0 saturated carbocycles. The van der Waals surface area contributed by atoms with Crippen LogP contribution in [-0.2, 0) is 6.54 Å². The van der Waals surface area contributed by atoms with Gasteiger partial charge in [0.1, 0.15) is 0 Å². The number of rotatable bonds is 7. The van der Waals surface area contributed by atoms with Crippen LogP contribution in [0.15, 0.2) is 12.1 Å². The highest BCUT2D eigenvalue weighted by Gasteiger charge is 2.13. The van der Waals surface area contributed by atoms with Crippen LogP contribution in [0.3, 0.4) is 0 Å². The van der Waals surface area contributed by atoms with E-state index in [1.807, 2.05) is 12.1 Å². The molecule has 5 nitrogen and oxygen atoms in total. The molecule has 0 aromatic carbocycles. The smallest absolute Gasteiger partial charge is 0.233 e. The second-order valence-electron chi connectivity index (χ2n) is 5.06. The molecule has 5 heteroatoms. The van der Waals surface area contributed by atoms with Crippen molar-refractivity contribution < 1.29 is 4.74 Å². The van der Waals surface area contributed by atoms with Gasteiger partial charge >= 0.3 is 0 Å². The second-order valence-corrected chi connectivity index (χ2v) is 5.06. The Bertz CT molecular complexity index is 337. The number of methoxy groups -OCH3 is 1. The molecular formula is C13H24N4O. The molecule has 0 saturated heterocycles. The second kappa shape index (κ2) is 7.28. The van der Waals surface area contributed by atoms with Gasteiger partial charge in [0.05, 0.1) is 12.8 Å². The van der Waals surface area contributed by atoms with Crippen molar-refractivity contribution in [2.75, 3.05) is 27.7 Å². The Kier molecular flexibility index (Phi) is 6.01. The van der Waals surface area contributed by atoms with Crippen LogP contribution in [0, 0.1) is 5.92 Å². The highest BCUT2D eigenvalue weighted by molar-refractivity contribution is 5.11. The average molecular weight is 252 g/mol. The Morgan fingerprint density at radius 2 is 2.00 bits per heavy atom. The summed E-state index contributed by atoms with van der Waals surface area (Å²) in [5, 5.41) is 11.6. The predicted octanol–water partition coefficient (Wildman–Crippen LogP) is 1.16. The molecule has 0 radical (unpaired) electrons. The van der Waals surface area contributed by atoms with E-state index in [2.05, 4.69) is 48.4 Å². The lowest BCUT2D eigenvalue weighted by Crippen LogP contribution is -2.41. The van der Waals surface area contributed by atoms with Gasteiger partial charge in [0.15, 0.2) is 0 Å². The fraction of sp³-hybridized carbons (Fsp3) is 0.692. The molecule has 0 amide bonds. The first-order valence-corrected chi connectivity index (χ1v) is 6.27. The van der Waals surface area contributed by atoms with Crippen molar-refractivity contribution in [2.24, 2.45) is 5.92 Å². The van der Waals surface area contributed by atoms with Crippen LogP contribution in [0.1, 0.15) is 19.5 Å². The monoisotopic (exact) mass is 252 g/mol. The van der Waals surface area contributed by atoms with Gasteiger partial charge in [0.25, 0.3) is 0 Å². The predicted molar refractivity (Wildman–Crippen MR) is 72.6 cm³/mol. The highest BCUT2D eigenvalue weighted by atomic mass is 16.5. The van der Waals surface area contributed by atoms with Crippen molar-refractivity contribution in [2.45, 2.75) is 26.4 Å². The van der Waals surface area contributed by atoms with E-state index in [0.717, 1.165) is 18.8 Å². The Morgan fingerprint density at radius 1 is 1.28 bits per heavy atom. The van der Waals surface area contributed by atoms with Gasteiger partial charge < -0.3 is 15.0 Å². The first-order chi connectivity index (χ1) is 8.52. The molecule has 0 spiro atoms. The molecule has 1 atom stereocenters. The van der Waals surface area contributed by atoms with Gasteiger partial charge in [-0.25, -0.2) is 0 Å². The molecule has 1 heterocycles. The number of likely N-dealkylation sites (N-methyl/N-ethyl adjacent to an activating group) is 1. The SMILES string of the molecule is COc1ccc(CNC(CN(C)C)C(C)C)nn1. The van der Waals surface area contributed by atoms with Gasteiger partial charge in [-0.2, -0.15) is 5.10 Å². The van der Waals surface area contributed by atoms with Crippen molar-refractivity contribution in [3.63, 3.8) is 0 Å². The third-order valence-corrected chi connectivity index (χ3v) is 2.82. The van der Waals surface area contributed by atoms with Gasteiger partial charge in [0, 0.05) is 25.2 Å². The maximum atomic E-state index is 4.98. The number of nitrogens with one attached hydrogen (secondary N) is 1. The van der Waals surface area contributed by atoms with Crippen molar-refractivity contribution in [1.29, 1.82) is 0 Å². The standard InChI is InChI=1S/C13H24N4O/c1-10(2)12(9-17(3)4)14-8-11-6-7-13(18-5)16-15-11/h6-7,10,12,14H,8-9H2,1-5H3. The lowest BCUT2D eigenvalue weighted by molar-refractivity contribution is 0.287. The summed E-state index contributed by atoms with van der Waals surface area (Å²) in [4.78, 5) is 2.19. The summed E-state index contributed by atoms with van der Waals surface area (Å²) in [6, 6.07) is 4.22. The minimum atomic E-state index is 0.448. The van der Waals surface area contributed by atoms with E-state index >= 15 is 0 Å². The van der Waals surface area contributed by atoms with E-state index in [0.29, 0.717) is 17.8 Å². The van der Waals surface area contributed by atoms with E-state index < -0.39 is 0 Å². The fourth-order valence-electron chi connectivity index (χ4n) is 1.69. The minimum Gasteiger partial charge on any atom is -0.480 e. The molecule has 102 valence electrons. The molecule has 1 aromatic heterocycles. The summed E-state index contributed by atoms with van der Waals surface area (Å²) < 4.78 is 4.98. The summed E-state index contributed by atoms with van der Waals surface area (Å²) in [6.07, 6.45) is 0. The molecule has 1 rings (SSSR count). The molecule has 1 unspecified atom stereocenters. The summed E-state index contributed by atoms with van der Waals surface area (Å²) in [5.41, 5.74) is 0.931. The molecule has 0 fully saturated rings. The van der Waals surface area contributed by atoms with Gasteiger partial charge in [0.2, 0.25) is 5.88 Å². The normalized spacial score (nSPS) is 13.1. The molecule has 0 bridgehead atoms. The third-order valence-electron chi connectivity index (χ3n) is 2.82. The Morgan fingerprint density at radius 3 is 2.44 bits per heavy atom. The molecule has 0 aliphatic carbocycles. The minimum absolute atomic E-state index is 0.448. The topological polar surface area (TPSA) is 50.3 Å². The maximum Gasteiger partial charge on any atom is 0.233 e. The van der Waals surface area contributed by atoms with Crippen molar-refractivity contribution in [1.82, 2.24) is 20.4 Å². The van der Waals surface area contributed by atoms with Gasteiger partial charge in [-0.3, -0.25) is 0 Å². The van der Waals surface area contributed by atoms with Crippen LogP contribution in [0.4, 0.5) is 0 Å². The van der Waals surface area contributed by atoms with Crippen LogP contribution in [0.25, 0.3) is 0 Å². The maximum absolute atomic E-state index is 4.98. The molecule has 1 aromatic rings. The Labute approximate surface area is 110 Å². The number of ether oxygens (including phenoxy) is 1. The Hall–Kier alpha value is -1.20. The van der Waals surface area contributed by atoms with Crippen LogP contribution >= 0.6 is 0 Å². The van der Waals surface area contributed by atoms with E-state index in [1.54, 1.807) is 7.11 Å². The Balaban J connectivity index is 2.50. The number of nitrogens with zero attached hydrogens (tertiary/aromatic N) is 3. The quantitative estimate of drug-likeness (QED) is 0.789. The van der Waals surface area contributed by atoms with Crippen LogP contribution < -0.4 is 10.1 Å². The van der Waals surface area contributed by atoms with E-state index in [1.165, 1.54) is 0 Å². The lowest BCUT2D eigenvalue weighted by atomic mass is 10.0. The zero-order valence-corrected chi connectivity index (χ0v) is 12.0. The molecular weight excluding hydrogens is 228 g/mol. The highest BCUT2D eigenvalue weighted by Crippen LogP contribution is 2.06. The zero-order valence-electron chi connectivity index (χ0n) is 12.0. The summed E-state index contributed by atoms with van der Waals surface area (Å²) in [7, 11) is 5.77. The van der Waals surface area contributed by atoms with Crippen LogP contribution in [0.2, 0.25) is 0 Å². The number of hydrogen-bond donors (Lipinski definition) is 1. The molecule has 1 N–H and O–H groups in total. The molecule has 18 heavy (non-hydrogen) atoms. The van der Waals surface area contributed by atoms with Crippen LogP contribution in [0.5, 0.6) is 5.88 Å². The van der Waals surface area contributed by atoms with Crippen LogP contribution in [-0.4, -0.2) is 48.9 Å². The van der Waals surface area contributed by atoms with Gasteiger partial charge in [-0.1, -0.05) is 13.8 Å². The van der Waals surface area contributed by atoms with Crippen molar-refractivity contribution >= 4 is 0 Å².